The van der Waals surface area contributed by atoms with Gasteiger partial charge in [-0.15, -0.1) is 0 Å². The summed E-state index contributed by atoms with van der Waals surface area (Å²) in [4.78, 5) is 12.3. The van der Waals surface area contributed by atoms with Crippen molar-refractivity contribution in [2.75, 3.05) is 7.11 Å². The highest BCUT2D eigenvalue weighted by atomic mass is 16.5. The Labute approximate surface area is 186 Å². The molecule has 6 nitrogen and oxygen atoms in total. The summed E-state index contributed by atoms with van der Waals surface area (Å²) >= 11 is 0. The van der Waals surface area contributed by atoms with Crippen LogP contribution in [-0.2, 0) is 16.1 Å². The van der Waals surface area contributed by atoms with E-state index in [4.69, 9.17) is 14.6 Å². The third kappa shape index (κ3) is 4.87. The van der Waals surface area contributed by atoms with Crippen LogP contribution in [0.2, 0.25) is 0 Å². The number of carbonyl (C=O) groups is 1. The fourth-order valence-electron chi connectivity index (χ4n) is 3.23. The number of hydrogen-bond acceptors (Lipinski definition) is 5. The van der Waals surface area contributed by atoms with Crippen molar-refractivity contribution < 1.29 is 19.4 Å². The number of rotatable bonds is 7. The molecule has 4 aromatic rings. The maximum absolute atomic E-state index is 12.3. The third-order valence-corrected chi connectivity index (χ3v) is 4.84. The molecule has 0 saturated carbocycles. The average molecular weight is 426 g/mol. The number of phenols is 1. The topological polar surface area (TPSA) is 73.6 Å². The van der Waals surface area contributed by atoms with Crippen molar-refractivity contribution >= 4 is 12.0 Å². The van der Waals surface area contributed by atoms with Crippen LogP contribution in [0, 0.1) is 0 Å². The molecule has 0 unspecified atom stereocenters. The van der Waals surface area contributed by atoms with E-state index < -0.39 is 5.97 Å². The van der Waals surface area contributed by atoms with E-state index in [1.54, 1.807) is 22.9 Å². The van der Waals surface area contributed by atoms with Crippen molar-refractivity contribution in [3.8, 4) is 28.4 Å². The normalized spacial score (nSPS) is 10.9. The molecule has 0 aliphatic carbocycles. The monoisotopic (exact) mass is 426 g/mol. The molecule has 4 rings (SSSR count). The molecule has 0 radical (unpaired) electrons. The van der Waals surface area contributed by atoms with Gasteiger partial charge in [0.05, 0.1) is 18.5 Å². The van der Waals surface area contributed by atoms with Gasteiger partial charge in [-0.2, -0.15) is 5.10 Å². The largest absolute Gasteiger partial charge is 0.504 e. The Morgan fingerprint density at radius 3 is 2.47 bits per heavy atom. The number of methoxy groups -OCH3 is 1. The summed E-state index contributed by atoms with van der Waals surface area (Å²) in [7, 11) is 1.47. The van der Waals surface area contributed by atoms with Gasteiger partial charge in [-0.1, -0.05) is 54.6 Å². The Kier molecular flexibility index (Phi) is 6.32. The van der Waals surface area contributed by atoms with E-state index in [9.17, 15) is 9.90 Å². The van der Waals surface area contributed by atoms with Crippen molar-refractivity contribution in [3.63, 3.8) is 0 Å². The summed E-state index contributed by atoms with van der Waals surface area (Å²) in [6.07, 6.45) is 4.82. The molecule has 0 fully saturated rings. The molecule has 160 valence electrons. The van der Waals surface area contributed by atoms with Gasteiger partial charge in [0.15, 0.2) is 11.5 Å². The lowest BCUT2D eigenvalue weighted by Crippen LogP contribution is -2.01. The van der Waals surface area contributed by atoms with Crippen LogP contribution in [0.25, 0.3) is 23.0 Å². The molecule has 1 N–H and O–H groups in total. The molecule has 0 atom stereocenters. The fraction of sp³-hybridized carbons (Fsp3) is 0.0769. The number of ether oxygens (including phenoxy) is 2. The summed E-state index contributed by atoms with van der Waals surface area (Å²) in [5.74, 6) is -0.110. The second-order valence-electron chi connectivity index (χ2n) is 7.02. The molecular formula is C26H22N2O4. The Balaban J connectivity index is 1.52. The van der Waals surface area contributed by atoms with Crippen LogP contribution in [0.1, 0.15) is 11.1 Å². The first-order valence-corrected chi connectivity index (χ1v) is 10.1. The molecule has 0 amide bonds. The van der Waals surface area contributed by atoms with Crippen LogP contribution >= 0.6 is 0 Å². The number of benzene rings is 3. The van der Waals surface area contributed by atoms with Crippen LogP contribution in [0.4, 0.5) is 0 Å². The van der Waals surface area contributed by atoms with Crippen molar-refractivity contribution in [2.24, 2.45) is 0 Å². The van der Waals surface area contributed by atoms with Crippen molar-refractivity contribution in [3.05, 3.63) is 102 Å². The summed E-state index contributed by atoms with van der Waals surface area (Å²) in [6, 6.07) is 24.4. The lowest BCUT2D eigenvalue weighted by Gasteiger charge is -2.04. The summed E-state index contributed by atoms with van der Waals surface area (Å²) < 4.78 is 12.3. The Morgan fingerprint density at radius 2 is 1.75 bits per heavy atom. The van der Waals surface area contributed by atoms with Gasteiger partial charge in [-0.25, -0.2) is 9.48 Å². The van der Waals surface area contributed by atoms with E-state index in [-0.39, 0.29) is 12.4 Å². The van der Waals surface area contributed by atoms with Gasteiger partial charge in [0, 0.05) is 23.4 Å². The van der Waals surface area contributed by atoms with E-state index in [0.717, 1.165) is 22.5 Å². The summed E-state index contributed by atoms with van der Waals surface area (Å²) in [5, 5.41) is 14.4. The number of phenolic OH excluding ortho intramolecular Hbond substituents is 1. The van der Waals surface area contributed by atoms with Crippen molar-refractivity contribution in [1.29, 1.82) is 0 Å². The summed E-state index contributed by atoms with van der Waals surface area (Å²) in [6.45, 7) is 0.0825. The minimum atomic E-state index is -0.483. The van der Waals surface area contributed by atoms with E-state index in [1.165, 1.54) is 19.3 Å². The SMILES string of the molecule is COc1cc(/C=C/C(=O)OCc2cn(-c3ccccc3)nc2-c2ccccc2)ccc1O. The molecule has 3 aromatic carbocycles. The first-order valence-electron chi connectivity index (χ1n) is 10.1. The quantitative estimate of drug-likeness (QED) is 0.332. The Hall–Kier alpha value is -4.32. The minimum absolute atomic E-state index is 0.0381. The molecule has 1 heterocycles. The number of aromatic hydroxyl groups is 1. The van der Waals surface area contributed by atoms with E-state index in [1.807, 2.05) is 66.9 Å². The molecule has 0 spiro atoms. The molecular weight excluding hydrogens is 404 g/mol. The molecule has 0 bridgehead atoms. The lowest BCUT2D eigenvalue weighted by atomic mass is 10.1. The summed E-state index contributed by atoms with van der Waals surface area (Å²) in [5.41, 5.74) is 4.13. The zero-order valence-electron chi connectivity index (χ0n) is 17.5. The van der Waals surface area contributed by atoms with Crippen molar-refractivity contribution in [1.82, 2.24) is 9.78 Å². The van der Waals surface area contributed by atoms with Crippen LogP contribution in [0.3, 0.4) is 0 Å². The minimum Gasteiger partial charge on any atom is -0.504 e. The average Bonchev–Trinajstić information content (AvgIpc) is 3.27. The number of hydrogen-bond donors (Lipinski definition) is 1. The zero-order valence-corrected chi connectivity index (χ0v) is 17.5. The van der Waals surface area contributed by atoms with E-state index in [2.05, 4.69) is 0 Å². The standard InChI is InChI=1S/C26H22N2O4/c1-31-24-16-19(12-14-23(24)29)13-15-25(30)32-18-21-17-28(22-10-6-3-7-11-22)27-26(21)20-8-4-2-5-9-20/h2-17,29H,18H2,1H3/b15-13+. The molecule has 0 saturated heterocycles. The lowest BCUT2D eigenvalue weighted by molar-refractivity contribution is -0.138. The van der Waals surface area contributed by atoms with Gasteiger partial charge in [0.1, 0.15) is 6.61 Å². The van der Waals surface area contributed by atoms with Gasteiger partial charge >= 0.3 is 5.97 Å². The van der Waals surface area contributed by atoms with Gasteiger partial charge < -0.3 is 14.6 Å². The molecule has 1 aromatic heterocycles. The third-order valence-electron chi connectivity index (χ3n) is 4.84. The Bertz CT molecular complexity index is 1230. The highest BCUT2D eigenvalue weighted by molar-refractivity contribution is 5.87. The predicted molar refractivity (Wildman–Crippen MR) is 122 cm³/mol. The number of para-hydroxylation sites is 1. The molecule has 0 aliphatic rings. The fourth-order valence-corrected chi connectivity index (χ4v) is 3.23. The van der Waals surface area contributed by atoms with Gasteiger partial charge in [-0.05, 0) is 35.9 Å². The number of aromatic nitrogens is 2. The smallest absolute Gasteiger partial charge is 0.331 e. The van der Waals surface area contributed by atoms with Crippen LogP contribution in [0.15, 0.2) is 91.1 Å². The van der Waals surface area contributed by atoms with Crippen LogP contribution < -0.4 is 4.74 Å². The highest BCUT2D eigenvalue weighted by Gasteiger charge is 2.13. The van der Waals surface area contributed by atoms with Gasteiger partial charge in [-0.3, -0.25) is 0 Å². The molecule has 0 aliphatic heterocycles. The zero-order chi connectivity index (χ0) is 22.3. The first-order chi connectivity index (χ1) is 15.6. The maximum Gasteiger partial charge on any atom is 0.331 e. The molecule has 6 heteroatoms. The van der Waals surface area contributed by atoms with E-state index >= 15 is 0 Å². The second-order valence-corrected chi connectivity index (χ2v) is 7.02. The molecule has 32 heavy (non-hydrogen) atoms. The number of esters is 1. The predicted octanol–water partition coefficient (Wildman–Crippen LogP) is 5.01. The number of nitrogens with zero attached hydrogens (tertiary/aromatic N) is 2. The highest BCUT2D eigenvalue weighted by Crippen LogP contribution is 2.27. The van der Waals surface area contributed by atoms with Crippen LogP contribution in [0.5, 0.6) is 11.5 Å². The van der Waals surface area contributed by atoms with E-state index in [0.29, 0.717) is 11.3 Å². The second kappa shape index (κ2) is 9.66. The number of carbonyl (C=O) groups excluding carboxylic acids is 1. The van der Waals surface area contributed by atoms with Gasteiger partial charge in [0.25, 0.3) is 0 Å². The first kappa shape index (κ1) is 20.9. The maximum atomic E-state index is 12.3. The van der Waals surface area contributed by atoms with Gasteiger partial charge in [0.2, 0.25) is 0 Å². The van der Waals surface area contributed by atoms with Crippen LogP contribution in [-0.4, -0.2) is 28.0 Å². The van der Waals surface area contributed by atoms with Crippen molar-refractivity contribution in [2.45, 2.75) is 6.61 Å². The Morgan fingerprint density at radius 1 is 1.03 bits per heavy atom.